The van der Waals surface area contributed by atoms with Gasteiger partial charge in [0.1, 0.15) is 5.60 Å². The van der Waals surface area contributed by atoms with Crippen LogP contribution in [0.4, 0.5) is 4.79 Å². The first-order valence-corrected chi connectivity index (χ1v) is 13.3. The number of nitrogens with zero attached hydrogens (tertiary/aromatic N) is 2. The lowest BCUT2D eigenvalue weighted by molar-refractivity contribution is 0.0225. The average Bonchev–Trinajstić information content (AvgIpc) is 3.70. The zero-order valence-electron chi connectivity index (χ0n) is 22.1. The van der Waals surface area contributed by atoms with Gasteiger partial charge in [0, 0.05) is 36.4 Å². The van der Waals surface area contributed by atoms with Crippen molar-refractivity contribution < 1.29 is 14.3 Å². The maximum absolute atomic E-state index is 13.0. The minimum Gasteiger partial charge on any atom is -0.444 e. The Morgan fingerprint density at radius 1 is 1.08 bits per heavy atom. The number of hydrogen-bond donors (Lipinski definition) is 3. The summed E-state index contributed by atoms with van der Waals surface area (Å²) in [5.74, 6) is 0.193. The first-order valence-electron chi connectivity index (χ1n) is 12.9. The standard InChI is InChI=1S/C29H35N5O3S/c1-29(2,3)37-28(36)34(18-21-9-10-21)19-25(15-20-7-5-4-6-8-20)31-27(38)33-32-26(35)23-11-12-24-17-30-14-13-22(24)16-23/h4-8,11-14,16-17,21,25H,9-10,15,18-19H2,1-3H3,(H,32,35)(H2,31,33,38). The average molecular weight is 534 g/mol. The molecule has 3 N–H and O–H groups in total. The first kappa shape index (κ1) is 27.3. The number of hydrazine groups is 1. The quantitative estimate of drug-likeness (QED) is 0.288. The number of hydrogen-bond acceptors (Lipinski definition) is 5. The molecule has 2 amide bonds. The monoisotopic (exact) mass is 533 g/mol. The highest BCUT2D eigenvalue weighted by Gasteiger charge is 2.31. The van der Waals surface area contributed by atoms with Crippen LogP contribution in [0.15, 0.2) is 67.0 Å². The van der Waals surface area contributed by atoms with Crippen molar-refractivity contribution in [2.75, 3.05) is 13.1 Å². The van der Waals surface area contributed by atoms with Gasteiger partial charge in [0.25, 0.3) is 5.91 Å². The third-order valence-electron chi connectivity index (χ3n) is 6.12. The number of carbonyl (C=O) groups excluding carboxylic acids is 2. The van der Waals surface area contributed by atoms with Crippen LogP contribution in [-0.4, -0.2) is 51.7 Å². The molecule has 2 aromatic carbocycles. The molecule has 1 unspecified atom stereocenters. The summed E-state index contributed by atoms with van der Waals surface area (Å²) in [7, 11) is 0. The Hall–Kier alpha value is -3.72. The molecule has 200 valence electrons. The molecule has 0 bridgehead atoms. The molecule has 1 aliphatic rings. The number of pyridine rings is 1. The molecule has 8 nitrogen and oxygen atoms in total. The van der Waals surface area contributed by atoms with Gasteiger partial charge in [0.05, 0.1) is 6.04 Å². The molecule has 4 rings (SSSR count). The van der Waals surface area contributed by atoms with Crippen molar-refractivity contribution in [1.29, 1.82) is 0 Å². The summed E-state index contributed by atoms with van der Waals surface area (Å²) in [6, 6.07) is 17.1. The minimum absolute atomic E-state index is 0.200. The predicted octanol–water partition coefficient (Wildman–Crippen LogP) is 4.60. The summed E-state index contributed by atoms with van der Waals surface area (Å²) < 4.78 is 5.69. The molecular formula is C29H35N5O3S. The Morgan fingerprint density at radius 2 is 1.84 bits per heavy atom. The van der Waals surface area contributed by atoms with Gasteiger partial charge in [-0.1, -0.05) is 36.4 Å². The lowest BCUT2D eigenvalue weighted by Crippen LogP contribution is -2.54. The molecule has 0 saturated heterocycles. The second-order valence-electron chi connectivity index (χ2n) is 10.7. The van der Waals surface area contributed by atoms with E-state index in [-0.39, 0.29) is 23.2 Å². The van der Waals surface area contributed by atoms with Gasteiger partial charge in [-0.3, -0.25) is 20.6 Å². The number of thiocarbonyl (C=S) groups is 1. The fourth-order valence-corrected chi connectivity index (χ4v) is 4.34. The van der Waals surface area contributed by atoms with Crippen molar-refractivity contribution in [1.82, 2.24) is 26.1 Å². The molecule has 1 fully saturated rings. The third kappa shape index (κ3) is 8.41. The summed E-state index contributed by atoms with van der Waals surface area (Å²) in [6.45, 7) is 6.67. The summed E-state index contributed by atoms with van der Waals surface area (Å²) in [5.41, 5.74) is 6.51. The number of carbonyl (C=O) groups is 2. The Labute approximate surface area is 229 Å². The zero-order chi connectivity index (χ0) is 27.1. The van der Waals surface area contributed by atoms with Crippen LogP contribution >= 0.6 is 12.2 Å². The van der Waals surface area contributed by atoms with E-state index < -0.39 is 5.60 Å². The molecule has 9 heteroatoms. The number of aromatic nitrogens is 1. The molecule has 38 heavy (non-hydrogen) atoms. The van der Waals surface area contributed by atoms with E-state index in [1.54, 1.807) is 29.4 Å². The van der Waals surface area contributed by atoms with Crippen molar-refractivity contribution in [2.45, 2.75) is 51.7 Å². The van der Waals surface area contributed by atoms with Crippen LogP contribution < -0.4 is 16.2 Å². The Kier molecular flexibility index (Phi) is 8.78. The second kappa shape index (κ2) is 12.2. The number of ether oxygens (including phenoxy) is 1. The highest BCUT2D eigenvalue weighted by molar-refractivity contribution is 7.80. The fourth-order valence-electron chi connectivity index (χ4n) is 4.12. The third-order valence-corrected chi connectivity index (χ3v) is 6.34. The largest absolute Gasteiger partial charge is 0.444 e. The minimum atomic E-state index is -0.582. The number of nitrogens with one attached hydrogen (secondary N) is 3. The van der Waals surface area contributed by atoms with E-state index in [0.29, 0.717) is 31.0 Å². The smallest absolute Gasteiger partial charge is 0.410 e. The number of amides is 2. The van der Waals surface area contributed by atoms with E-state index in [2.05, 4.69) is 21.2 Å². The van der Waals surface area contributed by atoms with Crippen LogP contribution in [0.25, 0.3) is 10.8 Å². The van der Waals surface area contributed by atoms with E-state index in [4.69, 9.17) is 17.0 Å². The molecule has 1 aromatic heterocycles. The van der Waals surface area contributed by atoms with Gasteiger partial charge in [-0.15, -0.1) is 0 Å². The molecule has 1 aliphatic carbocycles. The van der Waals surface area contributed by atoms with Crippen LogP contribution in [0.3, 0.4) is 0 Å². The SMILES string of the molecule is CC(C)(C)OC(=O)N(CC1CC1)CC(Cc1ccccc1)NC(=S)NNC(=O)c1ccc2cnccc2c1. The maximum atomic E-state index is 13.0. The molecule has 0 radical (unpaired) electrons. The van der Waals surface area contributed by atoms with Gasteiger partial charge in [0.2, 0.25) is 0 Å². The second-order valence-corrected chi connectivity index (χ2v) is 11.1. The van der Waals surface area contributed by atoms with Gasteiger partial charge in [-0.2, -0.15) is 0 Å². The van der Waals surface area contributed by atoms with Crippen molar-refractivity contribution in [2.24, 2.45) is 5.92 Å². The number of benzene rings is 2. The molecule has 1 saturated carbocycles. The Balaban J connectivity index is 1.41. The van der Waals surface area contributed by atoms with Gasteiger partial charge in [0.15, 0.2) is 5.11 Å². The van der Waals surface area contributed by atoms with Gasteiger partial charge < -0.3 is 15.0 Å². The van der Waals surface area contributed by atoms with E-state index in [9.17, 15) is 9.59 Å². The topological polar surface area (TPSA) is 95.6 Å². The zero-order valence-corrected chi connectivity index (χ0v) is 22.9. The summed E-state index contributed by atoms with van der Waals surface area (Å²) in [5, 5.41) is 5.44. The number of fused-ring (bicyclic) bond motifs is 1. The van der Waals surface area contributed by atoms with E-state index in [0.717, 1.165) is 29.2 Å². The fraction of sp³-hybridized carbons (Fsp3) is 0.379. The summed E-state index contributed by atoms with van der Waals surface area (Å²) in [6.07, 6.45) is 5.99. The molecule has 3 aromatic rings. The maximum Gasteiger partial charge on any atom is 0.410 e. The Bertz CT molecular complexity index is 1270. The lowest BCUT2D eigenvalue weighted by atomic mass is 10.1. The summed E-state index contributed by atoms with van der Waals surface area (Å²) >= 11 is 5.52. The van der Waals surface area contributed by atoms with Gasteiger partial charge in [-0.05, 0) is 87.3 Å². The normalized spacial score (nSPS) is 13.9. The van der Waals surface area contributed by atoms with Crippen molar-refractivity contribution in [3.05, 3.63) is 78.1 Å². The van der Waals surface area contributed by atoms with Crippen LogP contribution in [0.5, 0.6) is 0 Å². The summed E-state index contributed by atoms with van der Waals surface area (Å²) in [4.78, 5) is 31.7. The van der Waals surface area contributed by atoms with Crippen molar-refractivity contribution >= 4 is 40.1 Å². The number of rotatable bonds is 8. The van der Waals surface area contributed by atoms with Gasteiger partial charge >= 0.3 is 6.09 Å². The van der Waals surface area contributed by atoms with E-state index in [1.165, 1.54) is 0 Å². The molecule has 1 atom stereocenters. The van der Waals surface area contributed by atoms with Gasteiger partial charge in [-0.25, -0.2) is 4.79 Å². The van der Waals surface area contributed by atoms with E-state index >= 15 is 0 Å². The molecule has 0 aliphatic heterocycles. The van der Waals surface area contributed by atoms with E-state index in [1.807, 2.05) is 63.2 Å². The highest BCUT2D eigenvalue weighted by atomic mass is 32.1. The molecule has 0 spiro atoms. The van der Waals surface area contributed by atoms with Crippen molar-refractivity contribution in [3.63, 3.8) is 0 Å². The van der Waals surface area contributed by atoms with Crippen molar-refractivity contribution in [3.8, 4) is 0 Å². The predicted molar refractivity (Wildman–Crippen MR) is 153 cm³/mol. The van der Waals surface area contributed by atoms with Crippen LogP contribution in [0.1, 0.15) is 49.5 Å². The Morgan fingerprint density at radius 3 is 2.55 bits per heavy atom. The molecular weight excluding hydrogens is 498 g/mol. The first-order chi connectivity index (χ1) is 18.2. The van der Waals surface area contributed by atoms with Crippen LogP contribution in [-0.2, 0) is 11.2 Å². The molecule has 1 heterocycles. The van der Waals surface area contributed by atoms with Crippen LogP contribution in [0, 0.1) is 5.92 Å². The lowest BCUT2D eigenvalue weighted by Gasteiger charge is -2.31. The highest BCUT2D eigenvalue weighted by Crippen LogP contribution is 2.30. The van der Waals surface area contributed by atoms with Crippen LogP contribution in [0.2, 0.25) is 0 Å².